The van der Waals surface area contributed by atoms with Crippen LogP contribution in [0.2, 0.25) is 0 Å². The predicted octanol–water partition coefficient (Wildman–Crippen LogP) is 12.9. The Morgan fingerprint density at radius 1 is 0.360 bits per heavy atom. The summed E-state index contributed by atoms with van der Waals surface area (Å²) in [5.41, 5.74) is 17.7. The van der Waals surface area contributed by atoms with Gasteiger partial charge in [0, 0.05) is 34.1 Å². The lowest BCUT2D eigenvalue weighted by Crippen LogP contribution is -2.09. The average molecular weight is 643 g/mol. The Morgan fingerprint density at radius 3 is 1.08 bits per heavy atom. The Bertz CT molecular complexity index is 2180. The molecule has 0 N–H and O–H groups in total. The third kappa shape index (κ3) is 5.59. The summed E-state index contributed by atoms with van der Waals surface area (Å²) in [4.78, 5) is 2.34. The maximum absolute atomic E-state index is 2.47. The molecule has 0 amide bonds. The number of rotatable bonds is 7. The van der Waals surface area contributed by atoms with Crippen molar-refractivity contribution in [2.24, 2.45) is 0 Å². The second kappa shape index (κ2) is 13.1. The van der Waals surface area contributed by atoms with Gasteiger partial charge in [-0.1, -0.05) is 121 Å². The van der Waals surface area contributed by atoms with Crippen molar-refractivity contribution in [3.63, 3.8) is 0 Å². The maximum Gasteiger partial charge on any atom is 0.0494 e. The Hall–Kier alpha value is -6.12. The molecule has 0 saturated carbocycles. The highest BCUT2D eigenvalue weighted by Gasteiger charge is 2.23. The van der Waals surface area contributed by atoms with Crippen molar-refractivity contribution >= 4 is 29.2 Å². The van der Waals surface area contributed by atoms with E-state index in [1.54, 1.807) is 11.1 Å². The molecular formula is C48H38N2. The van der Waals surface area contributed by atoms with Gasteiger partial charge in [0.05, 0.1) is 0 Å². The van der Waals surface area contributed by atoms with E-state index in [4.69, 9.17) is 0 Å². The molecule has 2 nitrogen and oxygen atoms in total. The normalized spacial score (nSPS) is 13.1. The number of nitrogens with zero attached hydrogens (tertiary/aromatic N) is 2. The van der Waals surface area contributed by atoms with Gasteiger partial charge >= 0.3 is 0 Å². The molecule has 0 unspecified atom stereocenters. The van der Waals surface area contributed by atoms with Gasteiger partial charge in [0.25, 0.3) is 0 Å². The van der Waals surface area contributed by atoms with E-state index in [9.17, 15) is 0 Å². The Morgan fingerprint density at radius 2 is 0.700 bits per heavy atom. The minimum Gasteiger partial charge on any atom is -0.311 e. The fraction of sp³-hybridized carbons (Fsp3) is 0.0833. The van der Waals surface area contributed by atoms with Crippen LogP contribution in [0.4, 0.5) is 17.1 Å². The summed E-state index contributed by atoms with van der Waals surface area (Å²) in [6.07, 6.45) is 13.9. The number of anilines is 3. The van der Waals surface area contributed by atoms with Crippen LogP contribution in [0.15, 0.2) is 170 Å². The van der Waals surface area contributed by atoms with Crippen LogP contribution < -0.4 is 4.90 Å². The van der Waals surface area contributed by atoms with E-state index in [-0.39, 0.29) is 0 Å². The van der Waals surface area contributed by atoms with Crippen molar-refractivity contribution in [3.05, 3.63) is 192 Å². The molecule has 9 rings (SSSR count). The zero-order valence-electron chi connectivity index (χ0n) is 28.0. The number of aromatic nitrogens is 1. The number of benzene rings is 6. The Balaban J connectivity index is 1.04. The van der Waals surface area contributed by atoms with Gasteiger partial charge in [-0.3, -0.25) is 0 Å². The molecule has 0 bridgehead atoms. The van der Waals surface area contributed by atoms with Crippen LogP contribution in [0.25, 0.3) is 51.2 Å². The van der Waals surface area contributed by atoms with Crippen LogP contribution >= 0.6 is 0 Å². The standard InChI is InChI=1S/C48H38N2/c1-3-11-35(12-4-1)37-19-27-41(28-20-37)49(42-29-21-38(22-30-42)36-13-5-2-6-14-36)43-31-23-39(24-32-43)40-25-33-44(34-26-40)50-47-17-9-7-15-45(47)46-16-8-10-18-48(46)50/h1-6,9-14,17-34H,7-8,15-16H2. The quantitative estimate of drug-likeness (QED) is 0.168. The third-order valence-electron chi connectivity index (χ3n) is 10.2. The number of fused-ring (bicyclic) bond motifs is 3. The molecule has 2 aliphatic carbocycles. The molecule has 7 aromatic rings. The molecule has 240 valence electrons. The summed E-state index contributed by atoms with van der Waals surface area (Å²) in [5, 5.41) is 0. The van der Waals surface area contributed by atoms with Gasteiger partial charge < -0.3 is 9.47 Å². The molecule has 1 heterocycles. The van der Waals surface area contributed by atoms with Crippen LogP contribution in [-0.4, -0.2) is 4.57 Å². The predicted molar refractivity (Wildman–Crippen MR) is 211 cm³/mol. The second-order valence-corrected chi connectivity index (χ2v) is 13.2. The Labute approximate surface area is 294 Å². The molecule has 0 fully saturated rings. The van der Waals surface area contributed by atoms with Crippen LogP contribution in [0, 0.1) is 0 Å². The minimum atomic E-state index is 1.12. The monoisotopic (exact) mass is 642 g/mol. The molecule has 2 heteroatoms. The highest BCUT2D eigenvalue weighted by atomic mass is 15.1. The van der Waals surface area contributed by atoms with Crippen molar-refractivity contribution in [3.8, 4) is 39.1 Å². The van der Waals surface area contributed by atoms with Gasteiger partial charge in [-0.25, -0.2) is 0 Å². The molecule has 0 radical (unpaired) electrons. The topological polar surface area (TPSA) is 8.17 Å². The van der Waals surface area contributed by atoms with E-state index in [0.29, 0.717) is 0 Å². The third-order valence-corrected chi connectivity index (χ3v) is 10.2. The number of hydrogen-bond acceptors (Lipinski definition) is 1. The highest BCUT2D eigenvalue weighted by Crippen LogP contribution is 2.39. The van der Waals surface area contributed by atoms with Crippen LogP contribution in [0.5, 0.6) is 0 Å². The first-order chi connectivity index (χ1) is 24.8. The molecule has 50 heavy (non-hydrogen) atoms. The van der Waals surface area contributed by atoms with Crippen molar-refractivity contribution in [1.29, 1.82) is 0 Å². The maximum atomic E-state index is 2.47. The SMILES string of the molecule is C1=Cc2c(c3c(n2-c2ccc(-c4ccc(N(c5ccc(-c6ccccc6)cc5)c5ccc(-c6ccccc6)cc5)cc4)cc2)C=CCC3)CC1. The lowest BCUT2D eigenvalue weighted by molar-refractivity contribution is 0.922. The van der Waals surface area contributed by atoms with Crippen LogP contribution in [0.1, 0.15) is 35.4 Å². The summed E-state index contributed by atoms with van der Waals surface area (Å²) in [7, 11) is 0. The first-order valence-corrected chi connectivity index (χ1v) is 17.7. The zero-order valence-corrected chi connectivity index (χ0v) is 28.0. The van der Waals surface area contributed by atoms with Crippen LogP contribution in [-0.2, 0) is 12.8 Å². The van der Waals surface area contributed by atoms with Crippen LogP contribution in [0.3, 0.4) is 0 Å². The van der Waals surface area contributed by atoms with E-state index in [2.05, 4.69) is 191 Å². The fourth-order valence-electron chi connectivity index (χ4n) is 7.66. The van der Waals surface area contributed by atoms with E-state index >= 15 is 0 Å². The zero-order chi connectivity index (χ0) is 33.3. The van der Waals surface area contributed by atoms with Crippen molar-refractivity contribution in [2.75, 3.05) is 4.90 Å². The summed E-state index contributed by atoms with van der Waals surface area (Å²) in [6.45, 7) is 0. The van der Waals surface area contributed by atoms with Gasteiger partial charge in [-0.05, 0) is 131 Å². The van der Waals surface area contributed by atoms with Gasteiger partial charge in [-0.2, -0.15) is 0 Å². The van der Waals surface area contributed by atoms with Gasteiger partial charge in [0.2, 0.25) is 0 Å². The summed E-state index contributed by atoms with van der Waals surface area (Å²) in [5.74, 6) is 0. The first-order valence-electron chi connectivity index (χ1n) is 17.7. The lowest BCUT2D eigenvalue weighted by Gasteiger charge is -2.26. The molecule has 0 spiro atoms. The molecular weight excluding hydrogens is 605 g/mol. The molecule has 2 aliphatic rings. The smallest absolute Gasteiger partial charge is 0.0494 e. The average Bonchev–Trinajstić information content (AvgIpc) is 3.54. The highest BCUT2D eigenvalue weighted by molar-refractivity contribution is 5.81. The largest absolute Gasteiger partial charge is 0.311 e. The van der Waals surface area contributed by atoms with Crippen molar-refractivity contribution in [1.82, 2.24) is 4.57 Å². The number of hydrogen-bond donors (Lipinski definition) is 0. The van der Waals surface area contributed by atoms with Crippen molar-refractivity contribution < 1.29 is 0 Å². The molecule has 0 atom stereocenters. The van der Waals surface area contributed by atoms with Gasteiger partial charge in [0.1, 0.15) is 0 Å². The van der Waals surface area contributed by atoms with E-state index in [0.717, 1.165) is 42.7 Å². The first kappa shape index (κ1) is 30.0. The molecule has 6 aromatic carbocycles. The summed E-state index contributed by atoms with van der Waals surface area (Å²) >= 11 is 0. The summed E-state index contributed by atoms with van der Waals surface area (Å²) < 4.78 is 2.47. The molecule has 0 aliphatic heterocycles. The number of allylic oxidation sites excluding steroid dienone is 2. The Kier molecular flexibility index (Phi) is 7.83. The van der Waals surface area contributed by atoms with Gasteiger partial charge in [0.15, 0.2) is 0 Å². The second-order valence-electron chi connectivity index (χ2n) is 13.2. The van der Waals surface area contributed by atoms with E-state index < -0.39 is 0 Å². The molecule has 1 aromatic heterocycles. The minimum absolute atomic E-state index is 1.12. The van der Waals surface area contributed by atoms with E-state index in [1.165, 1.54) is 50.5 Å². The molecule has 0 saturated heterocycles. The summed E-state index contributed by atoms with van der Waals surface area (Å²) in [6, 6.07) is 57.0. The fourth-order valence-corrected chi connectivity index (χ4v) is 7.66. The van der Waals surface area contributed by atoms with Gasteiger partial charge in [-0.15, -0.1) is 0 Å². The van der Waals surface area contributed by atoms with Crippen molar-refractivity contribution in [2.45, 2.75) is 25.7 Å². The van der Waals surface area contributed by atoms with E-state index in [1.807, 2.05) is 0 Å². The lowest BCUT2D eigenvalue weighted by atomic mass is 9.94.